The first kappa shape index (κ1) is 14.1. The number of carbonyl (C=O) groups excluding carboxylic acids is 2. The maximum atomic E-state index is 11.8. The molecule has 4 nitrogen and oxygen atoms in total. The van der Waals surface area contributed by atoms with Crippen molar-refractivity contribution in [3.63, 3.8) is 0 Å². The van der Waals surface area contributed by atoms with E-state index in [-0.39, 0.29) is 6.04 Å². The highest BCUT2D eigenvalue weighted by Gasteiger charge is 2.25. The van der Waals surface area contributed by atoms with Crippen LogP contribution in [-0.4, -0.2) is 17.9 Å². The monoisotopic (exact) mass is 280 g/mol. The molecule has 1 aromatic rings. The Hall–Kier alpha value is -1.36. The fourth-order valence-corrected chi connectivity index (χ4v) is 3.07. The van der Waals surface area contributed by atoms with Crippen LogP contribution < -0.4 is 10.6 Å². The molecule has 0 bridgehead atoms. The molecule has 2 rings (SSSR count). The maximum Gasteiger partial charge on any atom is 0.309 e. The fourth-order valence-electron chi connectivity index (χ4n) is 2.43. The van der Waals surface area contributed by atoms with Gasteiger partial charge >= 0.3 is 11.8 Å². The summed E-state index contributed by atoms with van der Waals surface area (Å²) in [4.78, 5) is 24.5. The second-order valence-corrected chi connectivity index (χ2v) is 6.14. The summed E-state index contributed by atoms with van der Waals surface area (Å²) in [6.07, 6.45) is 4.46. The average molecular weight is 280 g/mol. The van der Waals surface area contributed by atoms with E-state index in [1.165, 1.54) is 6.42 Å². The van der Waals surface area contributed by atoms with Gasteiger partial charge in [-0.25, -0.2) is 0 Å². The van der Waals surface area contributed by atoms with Crippen LogP contribution in [0.4, 0.5) is 0 Å². The molecule has 0 aliphatic heterocycles. The van der Waals surface area contributed by atoms with E-state index >= 15 is 0 Å². The molecule has 2 N–H and O–H groups in total. The van der Waals surface area contributed by atoms with Crippen LogP contribution in [0.1, 0.15) is 37.5 Å². The standard InChI is InChI=1S/C14H20N2O2S/c1-10-5-2-3-7-12(10)16-14(18)13(17)15-9-11-6-4-8-19-11/h4,6,8,10,12H,2-3,5,7,9H2,1H3,(H,15,17)(H,16,18)/t10-,12+/m1/s1. The molecule has 104 valence electrons. The van der Waals surface area contributed by atoms with Gasteiger partial charge in [-0.05, 0) is 30.2 Å². The van der Waals surface area contributed by atoms with Crippen molar-refractivity contribution in [1.29, 1.82) is 0 Å². The minimum atomic E-state index is -0.536. The van der Waals surface area contributed by atoms with Crippen molar-refractivity contribution in [3.8, 4) is 0 Å². The molecule has 2 atom stereocenters. The first-order chi connectivity index (χ1) is 9.16. The van der Waals surface area contributed by atoms with Gasteiger partial charge in [-0.15, -0.1) is 11.3 Å². The summed E-state index contributed by atoms with van der Waals surface area (Å²) in [5, 5.41) is 7.45. The van der Waals surface area contributed by atoms with Crippen molar-refractivity contribution in [2.24, 2.45) is 5.92 Å². The number of hydrogen-bond donors (Lipinski definition) is 2. The van der Waals surface area contributed by atoms with Crippen molar-refractivity contribution in [3.05, 3.63) is 22.4 Å². The molecule has 1 heterocycles. The molecule has 0 unspecified atom stereocenters. The van der Waals surface area contributed by atoms with E-state index in [1.807, 2.05) is 17.5 Å². The van der Waals surface area contributed by atoms with Gasteiger partial charge in [-0.3, -0.25) is 9.59 Å². The van der Waals surface area contributed by atoms with Gasteiger partial charge in [0.15, 0.2) is 0 Å². The molecular weight excluding hydrogens is 260 g/mol. The summed E-state index contributed by atoms with van der Waals surface area (Å²) in [6, 6.07) is 4.01. The third kappa shape index (κ3) is 4.06. The summed E-state index contributed by atoms with van der Waals surface area (Å²) in [7, 11) is 0. The van der Waals surface area contributed by atoms with E-state index in [0.717, 1.165) is 24.1 Å². The van der Waals surface area contributed by atoms with E-state index in [1.54, 1.807) is 11.3 Å². The quantitative estimate of drug-likeness (QED) is 0.833. The average Bonchev–Trinajstić information content (AvgIpc) is 2.91. The van der Waals surface area contributed by atoms with Crippen LogP contribution in [0.25, 0.3) is 0 Å². The lowest BCUT2D eigenvalue weighted by molar-refractivity contribution is -0.140. The topological polar surface area (TPSA) is 58.2 Å². The molecule has 0 spiro atoms. The molecule has 0 saturated heterocycles. The van der Waals surface area contributed by atoms with Crippen molar-refractivity contribution >= 4 is 23.2 Å². The number of amides is 2. The minimum Gasteiger partial charge on any atom is -0.345 e. The summed E-state index contributed by atoms with van der Waals surface area (Å²) < 4.78 is 0. The first-order valence-corrected chi connectivity index (χ1v) is 7.66. The molecule has 0 aromatic carbocycles. The van der Waals surface area contributed by atoms with Gasteiger partial charge in [0.25, 0.3) is 0 Å². The van der Waals surface area contributed by atoms with Gasteiger partial charge in [0.2, 0.25) is 0 Å². The van der Waals surface area contributed by atoms with Gasteiger partial charge in [-0.2, -0.15) is 0 Å². The third-order valence-electron chi connectivity index (χ3n) is 3.64. The summed E-state index contributed by atoms with van der Waals surface area (Å²) in [6.45, 7) is 2.55. The smallest absolute Gasteiger partial charge is 0.309 e. The number of hydrogen-bond acceptors (Lipinski definition) is 3. The Balaban J connectivity index is 1.77. The minimum absolute atomic E-state index is 0.147. The zero-order chi connectivity index (χ0) is 13.7. The lowest BCUT2D eigenvalue weighted by Gasteiger charge is -2.29. The van der Waals surface area contributed by atoms with Crippen LogP contribution in [0.5, 0.6) is 0 Å². The highest BCUT2D eigenvalue weighted by atomic mass is 32.1. The molecule has 1 aromatic heterocycles. The van der Waals surface area contributed by atoms with Crippen molar-refractivity contribution < 1.29 is 9.59 Å². The van der Waals surface area contributed by atoms with E-state index < -0.39 is 11.8 Å². The number of rotatable bonds is 3. The third-order valence-corrected chi connectivity index (χ3v) is 4.51. The van der Waals surface area contributed by atoms with Crippen LogP contribution >= 0.6 is 11.3 Å². The molecule has 5 heteroatoms. The Labute approximate surface area is 117 Å². The van der Waals surface area contributed by atoms with Crippen molar-refractivity contribution in [2.45, 2.75) is 45.2 Å². The van der Waals surface area contributed by atoms with Crippen LogP contribution in [0.3, 0.4) is 0 Å². The van der Waals surface area contributed by atoms with Gasteiger partial charge < -0.3 is 10.6 Å². The van der Waals surface area contributed by atoms with Gasteiger partial charge in [-0.1, -0.05) is 25.8 Å². The van der Waals surface area contributed by atoms with Crippen LogP contribution in [0, 0.1) is 5.92 Å². The zero-order valence-electron chi connectivity index (χ0n) is 11.1. The molecule has 19 heavy (non-hydrogen) atoms. The predicted octanol–water partition coefficient (Wildman–Crippen LogP) is 2.06. The van der Waals surface area contributed by atoms with Gasteiger partial charge in [0, 0.05) is 10.9 Å². The second kappa shape index (κ2) is 6.70. The Kier molecular flexibility index (Phi) is 4.96. The number of nitrogens with one attached hydrogen (secondary N) is 2. The van der Waals surface area contributed by atoms with Crippen molar-refractivity contribution in [1.82, 2.24) is 10.6 Å². The Morgan fingerprint density at radius 3 is 2.79 bits per heavy atom. The van der Waals surface area contributed by atoms with E-state index in [9.17, 15) is 9.59 Å². The number of thiophene rings is 1. The highest BCUT2D eigenvalue weighted by molar-refractivity contribution is 7.09. The van der Waals surface area contributed by atoms with Crippen LogP contribution in [0.2, 0.25) is 0 Å². The predicted molar refractivity (Wildman–Crippen MR) is 75.7 cm³/mol. The molecule has 1 fully saturated rings. The van der Waals surface area contributed by atoms with E-state index in [4.69, 9.17) is 0 Å². The van der Waals surface area contributed by atoms with E-state index in [0.29, 0.717) is 12.5 Å². The summed E-state index contributed by atoms with van der Waals surface area (Å²) >= 11 is 1.57. The van der Waals surface area contributed by atoms with Crippen LogP contribution in [-0.2, 0) is 16.1 Å². The normalized spacial score (nSPS) is 22.8. The van der Waals surface area contributed by atoms with Crippen LogP contribution in [0.15, 0.2) is 17.5 Å². The van der Waals surface area contributed by atoms with Gasteiger partial charge in [0.05, 0.1) is 6.54 Å². The number of carbonyl (C=O) groups is 2. The Bertz CT molecular complexity index is 431. The molecular formula is C14H20N2O2S. The molecule has 2 amide bonds. The molecule has 1 aliphatic carbocycles. The largest absolute Gasteiger partial charge is 0.345 e. The molecule has 0 radical (unpaired) electrons. The first-order valence-electron chi connectivity index (χ1n) is 6.78. The SMILES string of the molecule is C[C@@H]1CCCC[C@@H]1NC(=O)C(=O)NCc1cccs1. The Morgan fingerprint density at radius 1 is 1.32 bits per heavy atom. The lowest BCUT2D eigenvalue weighted by atomic mass is 9.86. The summed E-state index contributed by atoms with van der Waals surface area (Å²) in [5.74, 6) is -0.579. The Morgan fingerprint density at radius 2 is 2.11 bits per heavy atom. The van der Waals surface area contributed by atoms with Crippen molar-refractivity contribution in [2.75, 3.05) is 0 Å². The summed E-state index contributed by atoms with van der Waals surface area (Å²) in [5.41, 5.74) is 0. The maximum absolute atomic E-state index is 11.8. The highest BCUT2D eigenvalue weighted by Crippen LogP contribution is 2.23. The fraction of sp³-hybridized carbons (Fsp3) is 0.571. The molecule has 1 saturated carbocycles. The molecule has 1 aliphatic rings. The lowest BCUT2D eigenvalue weighted by Crippen LogP contribution is -2.47. The second-order valence-electron chi connectivity index (χ2n) is 5.10. The van der Waals surface area contributed by atoms with Gasteiger partial charge in [0.1, 0.15) is 0 Å². The zero-order valence-corrected chi connectivity index (χ0v) is 12.0. The van der Waals surface area contributed by atoms with E-state index in [2.05, 4.69) is 17.6 Å².